The van der Waals surface area contributed by atoms with Gasteiger partial charge in [0.15, 0.2) is 0 Å². The van der Waals surface area contributed by atoms with Gasteiger partial charge in [-0.3, -0.25) is 0 Å². The van der Waals surface area contributed by atoms with Crippen LogP contribution >= 0.6 is 0 Å². The lowest BCUT2D eigenvalue weighted by atomic mass is 9.86. The van der Waals surface area contributed by atoms with Gasteiger partial charge >= 0.3 is 0 Å². The van der Waals surface area contributed by atoms with Crippen molar-refractivity contribution < 1.29 is 4.74 Å². The molecular weight excluding hydrogens is 196 g/mol. The first-order chi connectivity index (χ1) is 7.93. The van der Waals surface area contributed by atoms with Crippen molar-refractivity contribution in [2.24, 2.45) is 5.92 Å². The second kappa shape index (κ2) is 4.32. The van der Waals surface area contributed by atoms with E-state index >= 15 is 0 Å². The number of hydrogen-bond donors (Lipinski definition) is 0. The third-order valence-corrected chi connectivity index (χ3v) is 3.73. The number of benzene rings is 1. The Labute approximate surface area is 97.1 Å². The van der Waals surface area contributed by atoms with E-state index in [2.05, 4.69) is 30.3 Å². The molecule has 0 N–H and O–H groups in total. The second-order valence-corrected chi connectivity index (χ2v) is 4.86. The van der Waals surface area contributed by atoms with Crippen molar-refractivity contribution in [3.05, 3.63) is 41.7 Å². The number of rotatable bonds is 1. The number of allylic oxidation sites excluding steroid dienone is 2. The lowest BCUT2D eigenvalue weighted by molar-refractivity contribution is 0.281. The zero-order valence-corrected chi connectivity index (χ0v) is 9.61. The van der Waals surface area contributed by atoms with Gasteiger partial charge in [-0.15, -0.1) is 0 Å². The highest BCUT2D eigenvalue weighted by molar-refractivity contribution is 5.39. The molecular formula is C15H18O. The Hall–Kier alpha value is -1.24. The third-order valence-electron chi connectivity index (χ3n) is 3.73. The summed E-state index contributed by atoms with van der Waals surface area (Å²) >= 11 is 0. The van der Waals surface area contributed by atoms with Gasteiger partial charge in [0.05, 0.1) is 0 Å². The van der Waals surface area contributed by atoms with Gasteiger partial charge in [0.1, 0.15) is 11.5 Å². The fraction of sp³-hybridized carbons (Fsp3) is 0.467. The minimum absolute atomic E-state index is 0.683. The monoisotopic (exact) mass is 214 g/mol. The molecule has 1 aromatic carbocycles. The summed E-state index contributed by atoms with van der Waals surface area (Å²) < 4.78 is 6.03. The highest BCUT2D eigenvalue weighted by Gasteiger charge is 2.22. The standard InChI is InChI=1S/C15H18O/c1-2-6-12(7-3-1)15-11-10-13-8-4-5-9-14(13)16-15/h4-5,8-9,11-12H,1-3,6-7,10H2. The molecule has 1 nitrogen and oxygen atoms in total. The first-order valence-corrected chi connectivity index (χ1v) is 6.39. The van der Waals surface area contributed by atoms with Crippen molar-refractivity contribution in [2.45, 2.75) is 38.5 Å². The van der Waals surface area contributed by atoms with E-state index < -0.39 is 0 Å². The maximum atomic E-state index is 6.03. The molecule has 1 aliphatic heterocycles. The molecule has 1 saturated carbocycles. The van der Waals surface area contributed by atoms with E-state index in [0.717, 1.165) is 12.2 Å². The lowest BCUT2D eigenvalue weighted by Gasteiger charge is -2.27. The van der Waals surface area contributed by atoms with Crippen LogP contribution < -0.4 is 4.74 Å². The van der Waals surface area contributed by atoms with Gasteiger partial charge in [-0.1, -0.05) is 37.5 Å². The van der Waals surface area contributed by atoms with Crippen molar-refractivity contribution in [2.75, 3.05) is 0 Å². The van der Waals surface area contributed by atoms with Gasteiger partial charge in [-0.25, -0.2) is 0 Å². The molecule has 84 valence electrons. The van der Waals surface area contributed by atoms with E-state index in [4.69, 9.17) is 4.74 Å². The van der Waals surface area contributed by atoms with E-state index in [0.29, 0.717) is 5.92 Å². The SMILES string of the molecule is C1=C(C2CCCCC2)Oc2ccccc2C1. The summed E-state index contributed by atoms with van der Waals surface area (Å²) in [5.74, 6) is 2.99. The molecule has 0 spiro atoms. The Bertz CT molecular complexity index is 400. The molecule has 1 fully saturated rings. The van der Waals surface area contributed by atoms with Crippen LogP contribution in [0.2, 0.25) is 0 Å². The first-order valence-electron chi connectivity index (χ1n) is 6.39. The highest BCUT2D eigenvalue weighted by atomic mass is 16.5. The Morgan fingerprint density at radius 3 is 2.69 bits per heavy atom. The molecule has 0 saturated heterocycles. The topological polar surface area (TPSA) is 9.23 Å². The van der Waals surface area contributed by atoms with Crippen molar-refractivity contribution in [1.82, 2.24) is 0 Å². The molecule has 0 aromatic heterocycles. The van der Waals surface area contributed by atoms with Crippen LogP contribution in [-0.4, -0.2) is 0 Å². The molecule has 0 amide bonds. The minimum atomic E-state index is 0.683. The quantitative estimate of drug-likeness (QED) is 0.684. The Kier molecular flexibility index (Phi) is 2.69. The van der Waals surface area contributed by atoms with Gasteiger partial charge in [0, 0.05) is 5.92 Å². The molecule has 1 heterocycles. The molecule has 1 aromatic rings. The summed E-state index contributed by atoms with van der Waals surface area (Å²) in [5, 5.41) is 0. The number of ether oxygens (including phenoxy) is 1. The fourth-order valence-corrected chi connectivity index (χ4v) is 2.79. The summed E-state index contributed by atoms with van der Waals surface area (Å²) in [7, 11) is 0. The molecule has 0 unspecified atom stereocenters. The normalized spacial score (nSPS) is 20.9. The van der Waals surface area contributed by atoms with Crippen molar-refractivity contribution >= 4 is 0 Å². The van der Waals surface area contributed by atoms with Crippen LogP contribution in [0, 0.1) is 5.92 Å². The minimum Gasteiger partial charge on any atom is -0.461 e. The molecule has 3 rings (SSSR count). The average molecular weight is 214 g/mol. The van der Waals surface area contributed by atoms with E-state index in [-0.39, 0.29) is 0 Å². The van der Waals surface area contributed by atoms with Gasteiger partial charge < -0.3 is 4.74 Å². The van der Waals surface area contributed by atoms with Gasteiger partial charge in [0.25, 0.3) is 0 Å². The number of para-hydroxylation sites is 1. The molecule has 16 heavy (non-hydrogen) atoms. The molecule has 1 aliphatic carbocycles. The zero-order chi connectivity index (χ0) is 10.8. The highest BCUT2D eigenvalue weighted by Crippen LogP contribution is 2.35. The van der Waals surface area contributed by atoms with Crippen LogP contribution in [0.3, 0.4) is 0 Å². The Morgan fingerprint density at radius 2 is 1.81 bits per heavy atom. The number of fused-ring (bicyclic) bond motifs is 1. The van der Waals surface area contributed by atoms with Gasteiger partial charge in [-0.2, -0.15) is 0 Å². The molecule has 0 radical (unpaired) electrons. The summed E-state index contributed by atoms with van der Waals surface area (Å²) in [6, 6.07) is 8.39. The maximum Gasteiger partial charge on any atom is 0.130 e. The van der Waals surface area contributed by atoms with Crippen molar-refractivity contribution in [1.29, 1.82) is 0 Å². The average Bonchev–Trinajstić information content (AvgIpc) is 2.39. The Morgan fingerprint density at radius 1 is 1.00 bits per heavy atom. The van der Waals surface area contributed by atoms with Crippen LogP contribution in [0.1, 0.15) is 37.7 Å². The van der Waals surface area contributed by atoms with Crippen LogP contribution in [0.15, 0.2) is 36.1 Å². The predicted molar refractivity (Wildman–Crippen MR) is 65.4 cm³/mol. The molecule has 2 aliphatic rings. The van der Waals surface area contributed by atoms with E-state index in [1.54, 1.807) is 0 Å². The summed E-state index contributed by atoms with van der Waals surface area (Å²) in [4.78, 5) is 0. The van der Waals surface area contributed by atoms with Crippen molar-refractivity contribution in [3.8, 4) is 5.75 Å². The lowest BCUT2D eigenvalue weighted by Crippen LogP contribution is -2.16. The predicted octanol–water partition coefficient (Wildman–Crippen LogP) is 4.09. The van der Waals surface area contributed by atoms with Crippen LogP contribution in [0.25, 0.3) is 0 Å². The van der Waals surface area contributed by atoms with E-state index in [9.17, 15) is 0 Å². The molecule has 1 heteroatoms. The number of hydrogen-bond acceptors (Lipinski definition) is 1. The van der Waals surface area contributed by atoms with E-state index in [1.165, 1.54) is 43.4 Å². The summed E-state index contributed by atoms with van der Waals surface area (Å²) in [6.45, 7) is 0. The summed E-state index contributed by atoms with van der Waals surface area (Å²) in [5.41, 5.74) is 1.32. The zero-order valence-electron chi connectivity index (χ0n) is 9.61. The van der Waals surface area contributed by atoms with Crippen LogP contribution in [-0.2, 0) is 6.42 Å². The smallest absolute Gasteiger partial charge is 0.130 e. The van der Waals surface area contributed by atoms with E-state index in [1.807, 2.05) is 0 Å². The van der Waals surface area contributed by atoms with Gasteiger partial charge in [0.2, 0.25) is 0 Å². The molecule has 0 bridgehead atoms. The Balaban J connectivity index is 1.77. The van der Waals surface area contributed by atoms with Crippen LogP contribution in [0.4, 0.5) is 0 Å². The summed E-state index contributed by atoms with van der Waals surface area (Å²) in [6.07, 6.45) is 10.1. The van der Waals surface area contributed by atoms with Crippen molar-refractivity contribution in [3.63, 3.8) is 0 Å². The fourth-order valence-electron chi connectivity index (χ4n) is 2.79. The van der Waals surface area contributed by atoms with Crippen LogP contribution in [0.5, 0.6) is 5.75 Å². The third kappa shape index (κ3) is 1.87. The first kappa shape index (κ1) is 9.95. The maximum absolute atomic E-state index is 6.03. The largest absolute Gasteiger partial charge is 0.461 e. The molecule has 0 atom stereocenters. The van der Waals surface area contributed by atoms with Gasteiger partial charge in [-0.05, 0) is 37.0 Å². The second-order valence-electron chi connectivity index (χ2n) is 4.86.